The summed E-state index contributed by atoms with van der Waals surface area (Å²) < 4.78 is 46.1. The van der Waals surface area contributed by atoms with Crippen molar-refractivity contribution in [3.05, 3.63) is 44.9 Å². The molecular weight excluding hydrogens is 448 g/mol. The molecule has 0 unspecified atom stereocenters. The molecule has 27 heavy (non-hydrogen) atoms. The van der Waals surface area contributed by atoms with Gasteiger partial charge < -0.3 is 24.3 Å². The summed E-state index contributed by atoms with van der Waals surface area (Å²) >= 11 is 9.47. The highest BCUT2D eigenvalue weighted by atomic mass is 79.9. The summed E-state index contributed by atoms with van der Waals surface area (Å²) in [5.74, 6) is 1.39. The van der Waals surface area contributed by atoms with Gasteiger partial charge in [-0.1, -0.05) is 11.6 Å². The highest BCUT2D eigenvalue weighted by molar-refractivity contribution is 9.10. The van der Waals surface area contributed by atoms with Crippen LogP contribution in [0.3, 0.4) is 0 Å². The number of hydrogen-bond donors (Lipinski definition) is 1. The van der Waals surface area contributed by atoms with Crippen LogP contribution in [0.4, 0.5) is 8.78 Å². The summed E-state index contributed by atoms with van der Waals surface area (Å²) in [6.07, 6.45) is 0. The van der Waals surface area contributed by atoms with E-state index in [4.69, 9.17) is 25.8 Å². The monoisotopic (exact) mass is 463 g/mol. The number of halogens is 4. The molecule has 0 aromatic heterocycles. The molecule has 3 rings (SSSR count). The number of hydrogen-bond acceptors (Lipinski definition) is 5. The topological polar surface area (TPSA) is 49.0 Å². The third kappa shape index (κ3) is 4.94. The fraction of sp³-hybridized carbons (Fsp3) is 0.333. The van der Waals surface area contributed by atoms with E-state index in [-0.39, 0.29) is 11.5 Å². The molecule has 1 aliphatic heterocycles. The summed E-state index contributed by atoms with van der Waals surface area (Å²) in [6, 6.07) is 7.04. The lowest BCUT2D eigenvalue weighted by Gasteiger charge is -2.20. The van der Waals surface area contributed by atoms with Crippen LogP contribution in [-0.2, 0) is 13.1 Å². The van der Waals surface area contributed by atoms with Gasteiger partial charge in [0.25, 0.3) is 0 Å². The van der Waals surface area contributed by atoms with E-state index in [2.05, 4.69) is 26.0 Å². The highest BCUT2D eigenvalue weighted by Crippen LogP contribution is 2.39. The third-order valence-corrected chi connectivity index (χ3v) is 4.68. The SMILES string of the molecule is COc1cc(CNCc2cc(Cl)c3c(c2)OCCO3)cc(Br)c1OC(F)F. The van der Waals surface area contributed by atoms with Gasteiger partial charge in [-0.3, -0.25) is 0 Å². The van der Waals surface area contributed by atoms with Gasteiger partial charge in [0, 0.05) is 13.1 Å². The molecule has 0 amide bonds. The molecule has 0 bridgehead atoms. The van der Waals surface area contributed by atoms with Crippen molar-refractivity contribution >= 4 is 27.5 Å². The summed E-state index contributed by atoms with van der Waals surface area (Å²) in [5, 5.41) is 3.77. The molecule has 0 fully saturated rings. The fourth-order valence-electron chi connectivity index (χ4n) is 2.70. The van der Waals surface area contributed by atoms with Gasteiger partial charge in [-0.2, -0.15) is 8.78 Å². The lowest BCUT2D eigenvalue weighted by molar-refractivity contribution is -0.0517. The van der Waals surface area contributed by atoms with Gasteiger partial charge in [-0.25, -0.2) is 0 Å². The molecule has 1 heterocycles. The number of nitrogens with one attached hydrogen (secondary N) is 1. The van der Waals surface area contributed by atoms with Crippen LogP contribution in [0.1, 0.15) is 11.1 Å². The molecule has 0 saturated heterocycles. The second-order valence-corrected chi connectivity index (χ2v) is 6.95. The van der Waals surface area contributed by atoms with Crippen molar-refractivity contribution in [3.63, 3.8) is 0 Å². The standard InChI is InChI=1S/C18H17BrClF2NO4/c1-24-14-6-10(4-12(19)16(14)27-18(21)22)8-23-9-11-5-13(20)17-15(7-11)25-2-3-26-17/h4-7,18,23H,2-3,8-9H2,1H3. The summed E-state index contributed by atoms with van der Waals surface area (Å²) in [4.78, 5) is 0. The van der Waals surface area contributed by atoms with E-state index in [1.54, 1.807) is 12.1 Å². The average molecular weight is 465 g/mol. The van der Waals surface area contributed by atoms with E-state index in [1.807, 2.05) is 12.1 Å². The van der Waals surface area contributed by atoms with Gasteiger partial charge >= 0.3 is 6.61 Å². The van der Waals surface area contributed by atoms with Crippen molar-refractivity contribution in [2.45, 2.75) is 19.7 Å². The third-order valence-electron chi connectivity index (χ3n) is 3.81. The van der Waals surface area contributed by atoms with Crippen LogP contribution >= 0.6 is 27.5 Å². The molecule has 0 atom stereocenters. The molecule has 146 valence electrons. The number of alkyl halides is 2. The Hall–Kier alpha value is -1.77. The van der Waals surface area contributed by atoms with Crippen LogP contribution in [0.25, 0.3) is 0 Å². The normalized spacial score (nSPS) is 13.0. The van der Waals surface area contributed by atoms with E-state index >= 15 is 0 Å². The van der Waals surface area contributed by atoms with Crippen LogP contribution in [0.5, 0.6) is 23.0 Å². The number of benzene rings is 2. The first kappa shape index (κ1) is 20.0. The van der Waals surface area contributed by atoms with Crippen LogP contribution in [0.2, 0.25) is 5.02 Å². The number of rotatable bonds is 7. The molecule has 2 aromatic rings. The summed E-state index contributed by atoms with van der Waals surface area (Å²) in [6.45, 7) is -0.950. The first-order valence-corrected chi connectivity index (χ1v) is 9.25. The fourth-order valence-corrected chi connectivity index (χ4v) is 3.57. The van der Waals surface area contributed by atoms with Crippen molar-refractivity contribution in [2.75, 3.05) is 20.3 Å². The second-order valence-electron chi connectivity index (χ2n) is 5.69. The Morgan fingerprint density at radius 3 is 2.56 bits per heavy atom. The van der Waals surface area contributed by atoms with Gasteiger partial charge in [0.1, 0.15) is 13.2 Å². The highest BCUT2D eigenvalue weighted by Gasteiger charge is 2.17. The molecule has 0 radical (unpaired) electrons. The van der Waals surface area contributed by atoms with Crippen molar-refractivity contribution in [1.82, 2.24) is 5.32 Å². The first-order chi connectivity index (χ1) is 13.0. The van der Waals surface area contributed by atoms with Gasteiger partial charge in [0.05, 0.1) is 16.6 Å². The molecule has 2 aromatic carbocycles. The molecule has 9 heteroatoms. The minimum atomic E-state index is -2.93. The molecule has 0 spiro atoms. The predicted octanol–water partition coefficient (Wildman–Crippen LogP) is 4.77. The largest absolute Gasteiger partial charge is 0.493 e. The van der Waals surface area contributed by atoms with E-state index in [0.29, 0.717) is 47.3 Å². The van der Waals surface area contributed by atoms with Crippen LogP contribution in [0, 0.1) is 0 Å². The van der Waals surface area contributed by atoms with Crippen molar-refractivity contribution in [2.24, 2.45) is 0 Å². The Balaban J connectivity index is 1.67. The summed E-state index contributed by atoms with van der Waals surface area (Å²) in [5.41, 5.74) is 1.77. The maximum Gasteiger partial charge on any atom is 0.387 e. The van der Waals surface area contributed by atoms with E-state index in [0.717, 1.165) is 11.1 Å². The smallest absolute Gasteiger partial charge is 0.387 e. The molecule has 5 nitrogen and oxygen atoms in total. The van der Waals surface area contributed by atoms with E-state index in [1.165, 1.54) is 7.11 Å². The van der Waals surface area contributed by atoms with Crippen molar-refractivity contribution < 1.29 is 27.7 Å². The average Bonchev–Trinajstić information content (AvgIpc) is 2.63. The van der Waals surface area contributed by atoms with Crippen LogP contribution in [0.15, 0.2) is 28.7 Å². The lowest BCUT2D eigenvalue weighted by atomic mass is 10.1. The van der Waals surface area contributed by atoms with Crippen molar-refractivity contribution in [1.29, 1.82) is 0 Å². The van der Waals surface area contributed by atoms with E-state index in [9.17, 15) is 8.78 Å². The van der Waals surface area contributed by atoms with Crippen molar-refractivity contribution in [3.8, 4) is 23.0 Å². The number of ether oxygens (including phenoxy) is 4. The van der Waals surface area contributed by atoms with Crippen LogP contribution < -0.4 is 24.3 Å². The maximum atomic E-state index is 12.5. The summed E-state index contributed by atoms with van der Waals surface area (Å²) in [7, 11) is 1.40. The van der Waals surface area contributed by atoms with E-state index < -0.39 is 6.61 Å². The number of fused-ring (bicyclic) bond motifs is 1. The minimum absolute atomic E-state index is 0.0325. The molecule has 0 saturated carbocycles. The van der Waals surface area contributed by atoms with Gasteiger partial charge in [0.2, 0.25) is 0 Å². The zero-order valence-electron chi connectivity index (χ0n) is 14.4. The Labute approximate surface area is 168 Å². The Bertz CT molecular complexity index is 822. The Morgan fingerprint density at radius 2 is 1.85 bits per heavy atom. The number of methoxy groups -OCH3 is 1. The van der Waals surface area contributed by atoms with Gasteiger partial charge in [-0.05, 0) is 51.3 Å². The molecule has 0 aliphatic carbocycles. The minimum Gasteiger partial charge on any atom is -0.493 e. The first-order valence-electron chi connectivity index (χ1n) is 8.08. The second kappa shape index (κ2) is 8.95. The zero-order valence-corrected chi connectivity index (χ0v) is 16.7. The van der Waals surface area contributed by atoms with Gasteiger partial charge in [-0.15, -0.1) is 0 Å². The maximum absolute atomic E-state index is 12.5. The predicted molar refractivity (Wildman–Crippen MR) is 100 cm³/mol. The van der Waals surface area contributed by atoms with Gasteiger partial charge in [0.15, 0.2) is 23.0 Å². The quantitative estimate of drug-likeness (QED) is 0.639. The molecular formula is C18H17BrClF2NO4. The van der Waals surface area contributed by atoms with Crippen LogP contribution in [-0.4, -0.2) is 26.9 Å². The Kier molecular flexibility index (Phi) is 6.62. The zero-order chi connectivity index (χ0) is 19.4. The molecule has 1 aliphatic rings. The lowest BCUT2D eigenvalue weighted by Crippen LogP contribution is -2.17. The molecule has 1 N–H and O–H groups in total. The Morgan fingerprint density at radius 1 is 1.15 bits per heavy atom.